The van der Waals surface area contributed by atoms with Crippen LogP contribution in [0.3, 0.4) is 0 Å². The van der Waals surface area contributed by atoms with Crippen molar-refractivity contribution in [1.82, 2.24) is 4.98 Å². The summed E-state index contributed by atoms with van der Waals surface area (Å²) in [6, 6.07) is 8.33. The van der Waals surface area contributed by atoms with Gasteiger partial charge in [-0.25, -0.2) is 0 Å². The summed E-state index contributed by atoms with van der Waals surface area (Å²) in [5.41, 5.74) is 3.20. The van der Waals surface area contributed by atoms with Crippen LogP contribution in [-0.4, -0.2) is 11.5 Å². The number of aromatic nitrogens is 1. The highest BCUT2D eigenvalue weighted by molar-refractivity contribution is 5.84. The van der Waals surface area contributed by atoms with Crippen LogP contribution in [0.5, 0.6) is 0 Å². The lowest BCUT2D eigenvalue weighted by Gasteiger charge is -2.08. The molecule has 1 heterocycles. The van der Waals surface area contributed by atoms with E-state index >= 15 is 0 Å². The number of rotatable bonds is 6. The maximum atomic E-state index is 10.4. The number of fused-ring (bicyclic) bond motifs is 1. The Morgan fingerprint density at radius 1 is 1.53 bits per heavy atom. The van der Waals surface area contributed by atoms with Gasteiger partial charge in [0.1, 0.15) is 6.10 Å². The van der Waals surface area contributed by atoms with Crippen LogP contribution >= 0.6 is 0 Å². The lowest BCUT2D eigenvalue weighted by molar-refractivity contribution is -0.133. The van der Waals surface area contributed by atoms with Crippen LogP contribution in [0.4, 0.5) is 0 Å². The fraction of sp³-hybridized carbons (Fsp3) is 0.333. The molecular weight excluding hydrogens is 240 g/mol. The number of unbranched alkanes of at least 4 members (excludes halogenated alkanes) is 1. The second-order valence-corrected chi connectivity index (χ2v) is 4.51. The van der Waals surface area contributed by atoms with Crippen LogP contribution in [0.2, 0.25) is 0 Å². The normalized spacial score (nSPS) is 12.0. The van der Waals surface area contributed by atoms with Crippen molar-refractivity contribution in [2.45, 2.75) is 32.3 Å². The number of H-pyrrole nitrogens is 1. The molecule has 2 aromatic rings. The Labute approximate surface area is 112 Å². The summed E-state index contributed by atoms with van der Waals surface area (Å²) < 4.78 is 4.99. The van der Waals surface area contributed by atoms with E-state index < -0.39 is 0 Å². The van der Waals surface area contributed by atoms with Gasteiger partial charge in [-0.3, -0.25) is 4.79 Å². The molecule has 4 heteroatoms. The monoisotopic (exact) mass is 256 g/mol. The summed E-state index contributed by atoms with van der Waals surface area (Å²) in [6.07, 6.45) is 3.93. The molecule has 4 nitrogen and oxygen atoms in total. The number of carbonyl (C=O) groups is 1. The van der Waals surface area contributed by atoms with E-state index in [0.29, 0.717) is 12.9 Å². The Hall–Kier alpha value is -2.28. The first-order valence-electron chi connectivity index (χ1n) is 6.32. The lowest BCUT2D eigenvalue weighted by Crippen LogP contribution is -1.97. The summed E-state index contributed by atoms with van der Waals surface area (Å²) >= 11 is 0. The van der Waals surface area contributed by atoms with E-state index in [1.54, 1.807) is 0 Å². The molecule has 0 aliphatic rings. The van der Waals surface area contributed by atoms with E-state index in [-0.39, 0.29) is 6.10 Å². The van der Waals surface area contributed by atoms with Gasteiger partial charge in [0.2, 0.25) is 0 Å². The van der Waals surface area contributed by atoms with Crippen LogP contribution in [0.15, 0.2) is 24.4 Å². The number of nitriles is 1. The van der Waals surface area contributed by atoms with Crippen LogP contribution in [0.1, 0.15) is 37.0 Å². The molecule has 1 aromatic carbocycles. The SMILES string of the molecule is CC(OC=O)c1c[nH]c2ccc(CCCC#N)cc12. The average Bonchev–Trinajstić information content (AvgIpc) is 2.82. The molecule has 0 radical (unpaired) electrons. The number of ether oxygens (including phenoxy) is 1. The molecule has 98 valence electrons. The molecule has 1 N–H and O–H groups in total. The van der Waals surface area contributed by atoms with Gasteiger partial charge in [-0.05, 0) is 37.5 Å². The molecule has 0 saturated heterocycles. The first-order chi connectivity index (χ1) is 9.26. The van der Waals surface area contributed by atoms with Gasteiger partial charge in [0.25, 0.3) is 6.47 Å². The Kier molecular flexibility index (Phi) is 4.19. The van der Waals surface area contributed by atoms with Gasteiger partial charge in [-0.15, -0.1) is 0 Å². The summed E-state index contributed by atoms with van der Waals surface area (Å²) in [5, 5.41) is 9.63. The van der Waals surface area contributed by atoms with Gasteiger partial charge < -0.3 is 9.72 Å². The topological polar surface area (TPSA) is 65.9 Å². The van der Waals surface area contributed by atoms with Gasteiger partial charge in [0, 0.05) is 29.1 Å². The largest absolute Gasteiger partial charge is 0.460 e. The summed E-state index contributed by atoms with van der Waals surface area (Å²) in [6.45, 7) is 2.32. The molecule has 0 spiro atoms. The number of nitrogens with zero attached hydrogens (tertiary/aromatic N) is 1. The van der Waals surface area contributed by atoms with Gasteiger partial charge in [0.05, 0.1) is 6.07 Å². The molecular formula is C15H16N2O2. The number of aryl methyl sites for hydroxylation is 1. The molecule has 2 rings (SSSR count). The molecule has 1 atom stereocenters. The van der Waals surface area contributed by atoms with Crippen molar-refractivity contribution in [1.29, 1.82) is 5.26 Å². The number of carbonyl (C=O) groups excluding carboxylic acids is 1. The van der Waals surface area contributed by atoms with Crippen molar-refractivity contribution >= 4 is 17.4 Å². The van der Waals surface area contributed by atoms with Crippen molar-refractivity contribution in [2.24, 2.45) is 0 Å². The zero-order valence-corrected chi connectivity index (χ0v) is 10.8. The minimum atomic E-state index is -0.263. The zero-order chi connectivity index (χ0) is 13.7. The third kappa shape index (κ3) is 2.94. The van der Waals surface area contributed by atoms with E-state index in [2.05, 4.69) is 23.2 Å². The quantitative estimate of drug-likeness (QED) is 0.637. The lowest BCUT2D eigenvalue weighted by atomic mass is 10.0. The van der Waals surface area contributed by atoms with Crippen LogP contribution in [0.25, 0.3) is 10.9 Å². The van der Waals surface area contributed by atoms with E-state index in [1.807, 2.05) is 19.2 Å². The van der Waals surface area contributed by atoms with Gasteiger partial charge >= 0.3 is 0 Å². The van der Waals surface area contributed by atoms with Crippen molar-refractivity contribution < 1.29 is 9.53 Å². The van der Waals surface area contributed by atoms with Crippen molar-refractivity contribution in [3.05, 3.63) is 35.5 Å². The smallest absolute Gasteiger partial charge is 0.293 e. The molecule has 1 aromatic heterocycles. The Bertz CT molecular complexity index is 610. The van der Waals surface area contributed by atoms with Gasteiger partial charge in [0.15, 0.2) is 0 Å². The van der Waals surface area contributed by atoms with E-state index in [0.717, 1.165) is 29.3 Å². The first-order valence-corrected chi connectivity index (χ1v) is 6.32. The number of benzene rings is 1. The summed E-state index contributed by atoms with van der Waals surface area (Å²) in [7, 11) is 0. The summed E-state index contributed by atoms with van der Waals surface area (Å²) in [4.78, 5) is 13.6. The zero-order valence-electron chi connectivity index (χ0n) is 10.8. The third-order valence-electron chi connectivity index (χ3n) is 3.23. The van der Waals surface area contributed by atoms with E-state index in [9.17, 15) is 4.79 Å². The number of nitrogens with one attached hydrogen (secondary N) is 1. The van der Waals surface area contributed by atoms with Gasteiger partial charge in [-0.1, -0.05) is 6.07 Å². The number of aromatic amines is 1. The average molecular weight is 256 g/mol. The first kappa shape index (κ1) is 13.2. The Morgan fingerprint density at radius 3 is 3.11 bits per heavy atom. The van der Waals surface area contributed by atoms with Crippen LogP contribution in [0, 0.1) is 11.3 Å². The van der Waals surface area contributed by atoms with Crippen LogP contribution < -0.4 is 0 Å². The van der Waals surface area contributed by atoms with Crippen molar-refractivity contribution in [3.63, 3.8) is 0 Å². The van der Waals surface area contributed by atoms with Crippen LogP contribution in [-0.2, 0) is 16.0 Å². The molecule has 0 saturated carbocycles. The molecule has 0 fully saturated rings. The maximum absolute atomic E-state index is 10.4. The Balaban J connectivity index is 2.26. The Morgan fingerprint density at radius 2 is 2.37 bits per heavy atom. The molecule has 0 aliphatic carbocycles. The fourth-order valence-corrected chi connectivity index (χ4v) is 2.21. The maximum Gasteiger partial charge on any atom is 0.293 e. The molecule has 0 aliphatic heterocycles. The highest BCUT2D eigenvalue weighted by atomic mass is 16.5. The highest BCUT2D eigenvalue weighted by Crippen LogP contribution is 2.27. The second-order valence-electron chi connectivity index (χ2n) is 4.51. The fourth-order valence-electron chi connectivity index (χ4n) is 2.21. The predicted molar refractivity (Wildman–Crippen MR) is 72.4 cm³/mol. The summed E-state index contributed by atoms with van der Waals surface area (Å²) in [5.74, 6) is 0. The number of hydrogen-bond acceptors (Lipinski definition) is 3. The minimum Gasteiger partial charge on any atom is -0.460 e. The predicted octanol–water partition coefficient (Wildman–Crippen LogP) is 3.25. The van der Waals surface area contributed by atoms with Crippen molar-refractivity contribution in [2.75, 3.05) is 0 Å². The highest BCUT2D eigenvalue weighted by Gasteiger charge is 2.12. The van der Waals surface area contributed by atoms with Crippen molar-refractivity contribution in [3.8, 4) is 6.07 Å². The third-order valence-corrected chi connectivity index (χ3v) is 3.23. The van der Waals surface area contributed by atoms with E-state index in [4.69, 9.17) is 10.00 Å². The van der Waals surface area contributed by atoms with E-state index in [1.165, 1.54) is 5.56 Å². The standard InChI is InChI=1S/C15H16N2O2/c1-11(19-10-18)14-9-17-15-6-5-12(8-13(14)15)4-2-3-7-16/h5-6,8-11,17H,2-4H2,1H3. The number of hydrogen-bond donors (Lipinski definition) is 1. The second kappa shape index (κ2) is 6.05. The molecule has 1 unspecified atom stereocenters. The molecule has 0 amide bonds. The molecule has 0 bridgehead atoms. The van der Waals surface area contributed by atoms with Gasteiger partial charge in [-0.2, -0.15) is 5.26 Å². The molecule has 19 heavy (non-hydrogen) atoms. The minimum absolute atomic E-state index is 0.263.